The van der Waals surface area contributed by atoms with E-state index in [0.29, 0.717) is 10.7 Å². The van der Waals surface area contributed by atoms with E-state index in [1.54, 1.807) is 0 Å². The molecule has 88 valence electrons. The zero-order valence-electron chi connectivity index (χ0n) is 9.46. The van der Waals surface area contributed by atoms with E-state index in [4.69, 9.17) is 4.74 Å². The number of carbonyl (C=O) groups is 1. The molecule has 3 nitrogen and oxygen atoms in total. The van der Waals surface area contributed by atoms with Crippen molar-refractivity contribution in [3.05, 3.63) is 0 Å². The van der Waals surface area contributed by atoms with E-state index in [1.165, 1.54) is 0 Å². The molecule has 1 aliphatic rings. The van der Waals surface area contributed by atoms with Crippen molar-refractivity contribution >= 4 is 21.8 Å². The summed E-state index contributed by atoms with van der Waals surface area (Å²) in [4.78, 5) is 12.2. The molecular formula is C11H20BrNO2. The van der Waals surface area contributed by atoms with Gasteiger partial charge in [0.25, 0.3) is 0 Å². The summed E-state index contributed by atoms with van der Waals surface area (Å²) < 4.78 is 5.38. The molecule has 15 heavy (non-hydrogen) atoms. The lowest BCUT2D eigenvalue weighted by molar-refractivity contribution is -0.131. The average Bonchev–Trinajstić information content (AvgIpc) is 2.58. The molecule has 0 aromatic rings. The first-order valence-electron chi connectivity index (χ1n) is 5.64. The Balaban J connectivity index is 2.13. The van der Waals surface area contributed by atoms with Gasteiger partial charge in [-0.1, -0.05) is 29.8 Å². The molecular weight excluding hydrogens is 258 g/mol. The van der Waals surface area contributed by atoms with Gasteiger partial charge in [0.15, 0.2) is 0 Å². The normalized spacial score (nSPS) is 27.7. The molecule has 0 bridgehead atoms. The highest BCUT2D eigenvalue weighted by Gasteiger charge is 2.30. The van der Waals surface area contributed by atoms with Crippen molar-refractivity contribution in [1.82, 2.24) is 5.32 Å². The molecule has 1 heterocycles. The number of halogens is 1. The van der Waals surface area contributed by atoms with Gasteiger partial charge in [-0.2, -0.15) is 0 Å². The minimum Gasteiger partial charge on any atom is -0.368 e. The maximum atomic E-state index is 11.7. The Labute approximate surface area is 100 Å². The topological polar surface area (TPSA) is 38.3 Å². The van der Waals surface area contributed by atoms with Crippen molar-refractivity contribution in [2.24, 2.45) is 5.92 Å². The van der Waals surface area contributed by atoms with E-state index in [1.807, 2.05) is 0 Å². The number of nitrogens with one attached hydrogen (secondary N) is 1. The highest BCUT2D eigenvalue weighted by atomic mass is 79.9. The van der Waals surface area contributed by atoms with Crippen molar-refractivity contribution in [2.45, 2.75) is 44.0 Å². The number of amides is 1. The monoisotopic (exact) mass is 277 g/mol. The Morgan fingerprint density at radius 2 is 2.40 bits per heavy atom. The third kappa shape index (κ3) is 4.51. The smallest absolute Gasteiger partial charge is 0.249 e. The van der Waals surface area contributed by atoms with Gasteiger partial charge in [-0.15, -0.1) is 0 Å². The van der Waals surface area contributed by atoms with Crippen LogP contribution in [0.1, 0.15) is 33.1 Å². The molecule has 1 saturated heterocycles. The van der Waals surface area contributed by atoms with E-state index in [2.05, 4.69) is 35.1 Å². The van der Waals surface area contributed by atoms with Gasteiger partial charge < -0.3 is 10.1 Å². The van der Waals surface area contributed by atoms with Crippen LogP contribution in [0.15, 0.2) is 0 Å². The second-order valence-corrected chi connectivity index (χ2v) is 5.83. The summed E-state index contributed by atoms with van der Waals surface area (Å²) in [5.41, 5.74) is 0. The molecule has 1 amide bonds. The fourth-order valence-electron chi connectivity index (χ4n) is 1.73. The summed E-state index contributed by atoms with van der Waals surface area (Å²) in [6.45, 7) is 5.65. The predicted octanol–water partition coefficient (Wildman–Crippen LogP) is 2.09. The first-order chi connectivity index (χ1) is 7.11. The third-order valence-electron chi connectivity index (χ3n) is 2.72. The molecule has 0 aromatic heterocycles. The summed E-state index contributed by atoms with van der Waals surface area (Å²) in [6, 6.07) is 0. The molecule has 4 heteroatoms. The average molecular weight is 278 g/mol. The van der Waals surface area contributed by atoms with Crippen molar-refractivity contribution in [2.75, 3.05) is 13.2 Å². The van der Waals surface area contributed by atoms with Gasteiger partial charge in [0, 0.05) is 18.0 Å². The Hall–Kier alpha value is -0.0900. The highest BCUT2D eigenvalue weighted by Crippen LogP contribution is 2.19. The van der Waals surface area contributed by atoms with Gasteiger partial charge in [0.05, 0.1) is 0 Å². The van der Waals surface area contributed by atoms with Crippen LogP contribution in [0.25, 0.3) is 0 Å². The minimum atomic E-state index is -0.216. The molecule has 0 aliphatic carbocycles. The van der Waals surface area contributed by atoms with Gasteiger partial charge in [-0.3, -0.25) is 4.79 Å². The Kier molecular flexibility index (Phi) is 5.61. The quantitative estimate of drug-likeness (QED) is 0.617. The van der Waals surface area contributed by atoms with Crippen LogP contribution in [-0.4, -0.2) is 30.0 Å². The molecule has 0 saturated carbocycles. The predicted molar refractivity (Wildman–Crippen MR) is 64.2 cm³/mol. The number of ether oxygens (including phenoxy) is 1. The number of rotatable bonds is 5. The van der Waals surface area contributed by atoms with E-state index >= 15 is 0 Å². The van der Waals surface area contributed by atoms with E-state index < -0.39 is 0 Å². The molecule has 3 unspecified atom stereocenters. The number of alkyl halides is 1. The van der Waals surface area contributed by atoms with Gasteiger partial charge in [0.1, 0.15) is 6.10 Å². The maximum Gasteiger partial charge on any atom is 0.249 e. The largest absolute Gasteiger partial charge is 0.368 e. The van der Waals surface area contributed by atoms with Gasteiger partial charge >= 0.3 is 0 Å². The molecule has 1 fully saturated rings. The van der Waals surface area contributed by atoms with Crippen LogP contribution >= 0.6 is 15.9 Å². The zero-order chi connectivity index (χ0) is 11.3. The van der Waals surface area contributed by atoms with Crippen molar-refractivity contribution in [3.8, 4) is 0 Å². The molecule has 0 radical (unpaired) electrons. The van der Waals surface area contributed by atoms with E-state index in [-0.39, 0.29) is 12.0 Å². The molecule has 0 aromatic carbocycles. The van der Waals surface area contributed by atoms with Crippen molar-refractivity contribution in [1.29, 1.82) is 0 Å². The maximum absolute atomic E-state index is 11.7. The number of hydrogen-bond acceptors (Lipinski definition) is 2. The van der Waals surface area contributed by atoms with Crippen LogP contribution in [0, 0.1) is 5.92 Å². The molecule has 1 aliphatic heterocycles. The number of carbonyl (C=O) groups excluding carboxylic acids is 1. The van der Waals surface area contributed by atoms with Crippen LogP contribution in [0.5, 0.6) is 0 Å². The molecule has 1 rings (SSSR count). The van der Waals surface area contributed by atoms with Crippen LogP contribution in [0.3, 0.4) is 0 Å². The Bertz CT molecular complexity index is 209. The first kappa shape index (κ1) is 13.0. The Morgan fingerprint density at radius 1 is 1.67 bits per heavy atom. The second kappa shape index (κ2) is 6.48. The number of hydrogen-bond donors (Lipinski definition) is 1. The molecule has 0 spiro atoms. The van der Waals surface area contributed by atoms with Gasteiger partial charge in [0.2, 0.25) is 5.91 Å². The van der Waals surface area contributed by atoms with Crippen LogP contribution < -0.4 is 5.32 Å². The molecule has 3 atom stereocenters. The fourth-order valence-corrected chi connectivity index (χ4v) is 2.05. The summed E-state index contributed by atoms with van der Waals surface area (Å²) in [5.74, 6) is 0.419. The van der Waals surface area contributed by atoms with Crippen LogP contribution in [0.2, 0.25) is 0 Å². The zero-order valence-corrected chi connectivity index (χ0v) is 11.0. The summed E-state index contributed by atoms with van der Waals surface area (Å²) >= 11 is 3.48. The lowest BCUT2D eigenvalue weighted by Gasteiger charge is -2.14. The SMILES string of the molecule is CC(Br)CCCNC(=O)C1OCCC1C. The standard InChI is InChI=1S/C11H20BrNO2/c1-8-5-7-15-10(8)11(14)13-6-3-4-9(2)12/h8-10H,3-7H2,1-2H3,(H,13,14). The van der Waals surface area contributed by atoms with Crippen molar-refractivity contribution in [3.63, 3.8) is 0 Å². The van der Waals surface area contributed by atoms with Crippen LogP contribution in [-0.2, 0) is 9.53 Å². The van der Waals surface area contributed by atoms with E-state index in [9.17, 15) is 4.79 Å². The van der Waals surface area contributed by atoms with E-state index in [0.717, 1.165) is 32.4 Å². The second-order valence-electron chi connectivity index (χ2n) is 4.27. The lowest BCUT2D eigenvalue weighted by atomic mass is 10.0. The molecule has 1 N–H and O–H groups in total. The minimum absolute atomic E-state index is 0.0576. The third-order valence-corrected chi connectivity index (χ3v) is 3.18. The summed E-state index contributed by atoms with van der Waals surface area (Å²) in [5, 5.41) is 2.93. The summed E-state index contributed by atoms with van der Waals surface area (Å²) in [6.07, 6.45) is 2.88. The van der Waals surface area contributed by atoms with Crippen LogP contribution in [0.4, 0.5) is 0 Å². The van der Waals surface area contributed by atoms with Gasteiger partial charge in [-0.05, 0) is 25.2 Å². The lowest BCUT2D eigenvalue weighted by Crippen LogP contribution is -2.37. The van der Waals surface area contributed by atoms with Gasteiger partial charge in [-0.25, -0.2) is 0 Å². The summed E-state index contributed by atoms with van der Waals surface area (Å²) in [7, 11) is 0. The van der Waals surface area contributed by atoms with Crippen molar-refractivity contribution < 1.29 is 9.53 Å². The fraction of sp³-hybridized carbons (Fsp3) is 0.909. The first-order valence-corrected chi connectivity index (χ1v) is 6.56. The highest BCUT2D eigenvalue weighted by molar-refractivity contribution is 9.09. The Morgan fingerprint density at radius 3 is 2.93 bits per heavy atom.